The minimum Gasteiger partial charge on any atom is -0.234 e. The topological polar surface area (TPSA) is 51.6 Å². The largest absolute Gasteiger partial charge is 0.234 e. The first kappa shape index (κ1) is 13.2. The van der Waals surface area contributed by atoms with Gasteiger partial charge in [0.25, 0.3) is 0 Å². The highest BCUT2D eigenvalue weighted by molar-refractivity contribution is 14.1. The van der Waals surface area contributed by atoms with E-state index in [1.807, 2.05) is 0 Å². The molecule has 0 spiro atoms. The lowest BCUT2D eigenvalue weighted by atomic mass is 10.0. The maximum absolute atomic E-state index is 6.23. The fourth-order valence-electron chi connectivity index (χ4n) is 2.42. The van der Waals surface area contributed by atoms with Gasteiger partial charge in [0.2, 0.25) is 0 Å². The van der Waals surface area contributed by atoms with Gasteiger partial charge in [-0.15, -0.1) is 0 Å². The molecule has 1 aliphatic carbocycles. The van der Waals surface area contributed by atoms with Crippen molar-refractivity contribution in [2.24, 2.45) is 0 Å². The van der Waals surface area contributed by atoms with Gasteiger partial charge in [-0.25, -0.2) is 19.9 Å². The van der Waals surface area contributed by atoms with Gasteiger partial charge in [-0.2, -0.15) is 0 Å². The average Bonchev–Trinajstić information content (AvgIpc) is 2.96. The van der Waals surface area contributed by atoms with E-state index < -0.39 is 0 Å². The molecule has 19 heavy (non-hydrogen) atoms. The van der Waals surface area contributed by atoms with Crippen molar-refractivity contribution in [3.63, 3.8) is 0 Å². The molecular formula is C13H12ClIN4. The number of rotatable bonds is 2. The zero-order chi connectivity index (χ0) is 13.2. The van der Waals surface area contributed by atoms with Crippen LogP contribution in [-0.2, 0) is 0 Å². The molecule has 0 aliphatic heterocycles. The Morgan fingerprint density at radius 3 is 2.42 bits per heavy atom. The molecule has 6 heteroatoms. The first-order valence-electron chi connectivity index (χ1n) is 6.26. The molecule has 98 valence electrons. The molecule has 1 saturated carbocycles. The quantitative estimate of drug-likeness (QED) is 0.581. The molecular weight excluding hydrogens is 375 g/mol. The highest BCUT2D eigenvalue weighted by Crippen LogP contribution is 2.37. The third kappa shape index (κ3) is 2.72. The molecule has 2 aromatic rings. The van der Waals surface area contributed by atoms with E-state index in [4.69, 9.17) is 11.6 Å². The van der Waals surface area contributed by atoms with Crippen LogP contribution in [0.2, 0.25) is 5.15 Å². The predicted octanol–water partition coefficient (Wildman–Crippen LogP) is 3.85. The molecule has 2 aromatic heterocycles. The van der Waals surface area contributed by atoms with Gasteiger partial charge in [0.15, 0.2) is 11.6 Å². The van der Waals surface area contributed by atoms with E-state index in [1.54, 1.807) is 18.5 Å². The van der Waals surface area contributed by atoms with Crippen molar-refractivity contribution < 1.29 is 0 Å². The average molecular weight is 387 g/mol. The highest BCUT2D eigenvalue weighted by Gasteiger charge is 2.24. The number of hydrogen-bond acceptors (Lipinski definition) is 4. The summed E-state index contributed by atoms with van der Waals surface area (Å²) in [5.74, 6) is 1.54. The Hall–Kier alpha value is -0.820. The molecule has 4 nitrogen and oxygen atoms in total. The number of hydrogen-bond donors (Lipinski definition) is 0. The summed E-state index contributed by atoms with van der Waals surface area (Å²) in [6, 6.07) is 1.77. The van der Waals surface area contributed by atoms with Crippen molar-refractivity contribution in [2.75, 3.05) is 0 Å². The van der Waals surface area contributed by atoms with Crippen LogP contribution in [0.15, 0.2) is 18.5 Å². The summed E-state index contributed by atoms with van der Waals surface area (Å²) >= 11 is 8.47. The summed E-state index contributed by atoms with van der Waals surface area (Å²) in [5.41, 5.74) is 1.06. The molecule has 3 rings (SSSR count). The summed E-state index contributed by atoms with van der Waals surface area (Å²) in [5, 5.41) is 0.500. The third-order valence-corrected chi connectivity index (χ3v) is 5.00. The second-order valence-corrected chi connectivity index (χ2v) is 6.03. The van der Waals surface area contributed by atoms with Crippen molar-refractivity contribution in [2.45, 2.75) is 31.6 Å². The van der Waals surface area contributed by atoms with Crippen LogP contribution in [0.3, 0.4) is 0 Å². The summed E-state index contributed by atoms with van der Waals surface area (Å²) in [4.78, 5) is 17.3. The fourth-order valence-corrected chi connectivity index (χ4v) is 3.28. The van der Waals surface area contributed by atoms with Crippen LogP contribution in [0.1, 0.15) is 37.3 Å². The zero-order valence-electron chi connectivity index (χ0n) is 10.2. The second-order valence-electron chi connectivity index (χ2n) is 4.59. The van der Waals surface area contributed by atoms with Gasteiger partial charge in [-0.3, -0.25) is 0 Å². The molecule has 1 aliphatic rings. The Bertz CT molecular complexity index is 585. The van der Waals surface area contributed by atoms with Gasteiger partial charge >= 0.3 is 0 Å². The van der Waals surface area contributed by atoms with Crippen molar-refractivity contribution in [3.8, 4) is 11.6 Å². The molecule has 0 aromatic carbocycles. The lowest BCUT2D eigenvalue weighted by molar-refractivity contribution is 0.689. The molecule has 0 saturated heterocycles. The van der Waals surface area contributed by atoms with E-state index in [0.29, 0.717) is 22.7 Å². The second kappa shape index (κ2) is 5.66. The van der Waals surface area contributed by atoms with Crippen molar-refractivity contribution in [3.05, 3.63) is 32.9 Å². The van der Waals surface area contributed by atoms with Crippen LogP contribution < -0.4 is 0 Å². The summed E-state index contributed by atoms with van der Waals surface area (Å²) < 4.78 is 0.964. The molecule has 0 bridgehead atoms. The Morgan fingerprint density at radius 2 is 1.74 bits per heavy atom. The van der Waals surface area contributed by atoms with Crippen LogP contribution >= 0.6 is 34.2 Å². The highest BCUT2D eigenvalue weighted by atomic mass is 127. The summed E-state index contributed by atoms with van der Waals surface area (Å²) in [6.45, 7) is 0. The summed E-state index contributed by atoms with van der Waals surface area (Å²) in [7, 11) is 0. The Morgan fingerprint density at radius 1 is 1.05 bits per heavy atom. The molecule has 0 radical (unpaired) electrons. The normalized spacial score (nSPS) is 15.9. The van der Waals surface area contributed by atoms with Crippen LogP contribution in [0, 0.1) is 3.57 Å². The number of halogens is 2. The van der Waals surface area contributed by atoms with Crippen molar-refractivity contribution in [1.82, 2.24) is 19.9 Å². The van der Waals surface area contributed by atoms with E-state index in [1.165, 1.54) is 25.7 Å². The Labute approximate surface area is 130 Å². The van der Waals surface area contributed by atoms with Gasteiger partial charge in [0.1, 0.15) is 5.15 Å². The SMILES string of the molecule is Clc1nc(-c2ncccn2)nc(C2CCCC2)c1I. The maximum atomic E-state index is 6.23. The zero-order valence-corrected chi connectivity index (χ0v) is 13.1. The predicted molar refractivity (Wildman–Crippen MR) is 82.0 cm³/mol. The first-order valence-corrected chi connectivity index (χ1v) is 7.71. The summed E-state index contributed by atoms with van der Waals surface area (Å²) in [6.07, 6.45) is 8.26. The van der Waals surface area contributed by atoms with E-state index in [-0.39, 0.29) is 0 Å². The van der Waals surface area contributed by atoms with Crippen LogP contribution in [0.5, 0.6) is 0 Å². The Kier molecular flexibility index (Phi) is 3.93. The molecule has 0 atom stereocenters. The fraction of sp³-hybridized carbons (Fsp3) is 0.385. The molecule has 0 unspecified atom stereocenters. The first-order chi connectivity index (χ1) is 9.25. The Balaban J connectivity index is 2.07. The minimum atomic E-state index is 0.495. The number of nitrogens with zero attached hydrogens (tertiary/aromatic N) is 4. The van der Waals surface area contributed by atoms with E-state index >= 15 is 0 Å². The van der Waals surface area contributed by atoms with Crippen LogP contribution in [-0.4, -0.2) is 19.9 Å². The maximum Gasteiger partial charge on any atom is 0.199 e. The van der Waals surface area contributed by atoms with Gasteiger partial charge < -0.3 is 0 Å². The van der Waals surface area contributed by atoms with Crippen molar-refractivity contribution >= 4 is 34.2 Å². The van der Waals surface area contributed by atoms with Gasteiger partial charge in [0.05, 0.1) is 9.26 Å². The molecule has 2 heterocycles. The number of aromatic nitrogens is 4. The molecule has 0 amide bonds. The monoisotopic (exact) mass is 386 g/mol. The molecule has 1 fully saturated rings. The van der Waals surface area contributed by atoms with Gasteiger partial charge in [-0.05, 0) is 41.5 Å². The minimum absolute atomic E-state index is 0.495. The molecule has 0 N–H and O–H groups in total. The third-order valence-electron chi connectivity index (χ3n) is 3.34. The van der Waals surface area contributed by atoms with Crippen LogP contribution in [0.25, 0.3) is 11.6 Å². The van der Waals surface area contributed by atoms with E-state index in [2.05, 4.69) is 42.5 Å². The van der Waals surface area contributed by atoms with Gasteiger partial charge in [-0.1, -0.05) is 24.4 Å². The van der Waals surface area contributed by atoms with E-state index in [9.17, 15) is 0 Å². The standard InChI is InChI=1S/C13H12ClIN4/c14-11-9(15)10(8-4-1-2-5-8)18-13(19-11)12-16-6-3-7-17-12/h3,6-8H,1-2,4-5H2. The van der Waals surface area contributed by atoms with Crippen molar-refractivity contribution in [1.29, 1.82) is 0 Å². The lowest BCUT2D eigenvalue weighted by Gasteiger charge is -2.12. The van der Waals surface area contributed by atoms with E-state index in [0.717, 1.165) is 9.26 Å². The lowest BCUT2D eigenvalue weighted by Crippen LogP contribution is -2.05. The smallest absolute Gasteiger partial charge is 0.199 e. The van der Waals surface area contributed by atoms with Gasteiger partial charge in [0, 0.05) is 18.3 Å². The van der Waals surface area contributed by atoms with Crippen LogP contribution in [0.4, 0.5) is 0 Å².